The molecule has 0 atom stereocenters. The Balaban J connectivity index is 2.73. The van der Waals surface area contributed by atoms with E-state index in [2.05, 4.69) is 5.32 Å². The van der Waals surface area contributed by atoms with E-state index in [0.29, 0.717) is 0 Å². The second-order valence-corrected chi connectivity index (χ2v) is 4.34. The lowest BCUT2D eigenvalue weighted by atomic mass is 9.94. The zero-order valence-corrected chi connectivity index (χ0v) is 10.6. The molecular weight excluding hydrogens is 266 g/mol. The Bertz CT molecular complexity index is 483. The molecule has 0 unspecified atom stereocenters. The molecule has 20 heavy (non-hydrogen) atoms. The number of carbonyl (C=O) groups excluding carboxylic acids is 1. The van der Waals surface area contributed by atoms with Gasteiger partial charge in [0.2, 0.25) is 0 Å². The van der Waals surface area contributed by atoms with E-state index < -0.39 is 36.3 Å². The highest BCUT2D eigenvalue weighted by Gasteiger charge is 2.40. The lowest BCUT2D eigenvalue weighted by molar-refractivity contribution is -0.159. The van der Waals surface area contributed by atoms with Crippen LogP contribution >= 0.6 is 0 Å². The minimum Gasteiger partial charge on any atom is -0.481 e. The van der Waals surface area contributed by atoms with Gasteiger partial charge in [0, 0.05) is 6.54 Å². The number of hydrogen-bond donors (Lipinski definition) is 4. The molecule has 1 aromatic carbocycles. The van der Waals surface area contributed by atoms with Gasteiger partial charge in [-0.1, -0.05) is 30.3 Å². The molecule has 0 bridgehead atoms. The summed E-state index contributed by atoms with van der Waals surface area (Å²) in [6.45, 7) is 0.0707. The lowest BCUT2D eigenvalue weighted by Crippen LogP contribution is -2.49. The molecule has 0 saturated carbocycles. The van der Waals surface area contributed by atoms with Gasteiger partial charge in [-0.2, -0.15) is 0 Å². The van der Waals surface area contributed by atoms with Crippen LogP contribution in [0.2, 0.25) is 0 Å². The molecule has 0 saturated heterocycles. The van der Waals surface area contributed by atoms with Gasteiger partial charge in [-0.05, 0) is 5.56 Å². The summed E-state index contributed by atoms with van der Waals surface area (Å²) in [5.41, 5.74) is -1.72. The highest BCUT2D eigenvalue weighted by atomic mass is 16.4. The first-order valence-corrected chi connectivity index (χ1v) is 5.82. The summed E-state index contributed by atoms with van der Waals surface area (Å²) in [6.07, 6.45) is -1.94. The minimum atomic E-state index is -2.47. The average molecular weight is 281 g/mol. The van der Waals surface area contributed by atoms with Crippen molar-refractivity contribution in [2.75, 3.05) is 0 Å². The van der Waals surface area contributed by atoms with Crippen molar-refractivity contribution in [2.24, 2.45) is 0 Å². The van der Waals surface area contributed by atoms with E-state index in [9.17, 15) is 19.5 Å². The zero-order chi connectivity index (χ0) is 15.2. The summed E-state index contributed by atoms with van der Waals surface area (Å²) < 4.78 is 0. The van der Waals surface area contributed by atoms with Crippen molar-refractivity contribution in [2.45, 2.75) is 25.0 Å². The van der Waals surface area contributed by atoms with Crippen molar-refractivity contribution >= 4 is 17.8 Å². The van der Waals surface area contributed by atoms with Gasteiger partial charge in [-0.25, -0.2) is 0 Å². The van der Waals surface area contributed by atoms with E-state index in [4.69, 9.17) is 10.2 Å². The third kappa shape index (κ3) is 4.69. The van der Waals surface area contributed by atoms with Crippen LogP contribution in [0, 0.1) is 0 Å². The topological polar surface area (TPSA) is 124 Å². The zero-order valence-electron chi connectivity index (χ0n) is 10.6. The minimum absolute atomic E-state index is 0.0707. The number of nitrogens with one attached hydrogen (secondary N) is 1. The number of aliphatic carboxylic acids is 2. The van der Waals surface area contributed by atoms with Crippen molar-refractivity contribution in [3.63, 3.8) is 0 Å². The summed E-state index contributed by atoms with van der Waals surface area (Å²) in [4.78, 5) is 33.1. The number of carboxylic acid groups (broad SMARTS) is 2. The van der Waals surface area contributed by atoms with E-state index in [1.807, 2.05) is 0 Å². The van der Waals surface area contributed by atoms with Gasteiger partial charge >= 0.3 is 11.9 Å². The maximum atomic E-state index is 11.8. The first kappa shape index (κ1) is 15.6. The molecule has 1 aromatic rings. The van der Waals surface area contributed by atoms with E-state index in [1.54, 1.807) is 30.3 Å². The Hall–Kier alpha value is -2.41. The lowest BCUT2D eigenvalue weighted by Gasteiger charge is -2.23. The molecule has 4 N–H and O–H groups in total. The van der Waals surface area contributed by atoms with Gasteiger partial charge < -0.3 is 20.6 Å². The van der Waals surface area contributed by atoms with Crippen LogP contribution in [0.4, 0.5) is 0 Å². The molecule has 0 aromatic heterocycles. The number of benzene rings is 1. The number of rotatable bonds is 7. The molecule has 108 valence electrons. The van der Waals surface area contributed by atoms with Crippen molar-refractivity contribution in [3.8, 4) is 0 Å². The highest BCUT2D eigenvalue weighted by Crippen LogP contribution is 2.16. The van der Waals surface area contributed by atoms with E-state index in [-0.39, 0.29) is 6.54 Å². The predicted octanol–water partition coefficient (Wildman–Crippen LogP) is -0.0167. The standard InChI is InChI=1S/C13H15NO6/c15-10(16)6-13(20,7-11(17)18)12(19)14-8-9-4-2-1-3-5-9/h1-5,20H,6-8H2,(H,14,19)(H,15,16)(H,17,18). The summed E-state index contributed by atoms with van der Waals surface area (Å²) in [5, 5.41) is 29.6. The fraction of sp³-hybridized carbons (Fsp3) is 0.308. The number of carbonyl (C=O) groups is 3. The van der Waals surface area contributed by atoms with E-state index in [0.717, 1.165) is 5.56 Å². The van der Waals surface area contributed by atoms with Gasteiger partial charge in [0.15, 0.2) is 5.60 Å². The Kier molecular flexibility index (Phi) is 5.22. The smallest absolute Gasteiger partial charge is 0.306 e. The van der Waals surface area contributed by atoms with Crippen LogP contribution in [0.25, 0.3) is 0 Å². The number of hydrogen-bond acceptors (Lipinski definition) is 4. The molecule has 0 spiro atoms. The molecular formula is C13H15NO6. The molecule has 0 radical (unpaired) electrons. The van der Waals surface area contributed by atoms with Crippen LogP contribution in [0.3, 0.4) is 0 Å². The monoisotopic (exact) mass is 281 g/mol. The second-order valence-electron chi connectivity index (χ2n) is 4.34. The Labute approximate surface area is 114 Å². The SMILES string of the molecule is O=C(O)CC(O)(CC(=O)O)C(=O)NCc1ccccc1. The van der Waals surface area contributed by atoms with Gasteiger partial charge in [0.1, 0.15) is 0 Å². The average Bonchev–Trinajstić information content (AvgIpc) is 2.35. The molecule has 0 aliphatic rings. The Morgan fingerprint density at radius 2 is 1.50 bits per heavy atom. The predicted molar refractivity (Wildman–Crippen MR) is 67.7 cm³/mol. The van der Waals surface area contributed by atoms with Crippen molar-refractivity contribution < 1.29 is 29.7 Å². The third-order valence-corrected chi connectivity index (χ3v) is 2.61. The molecule has 7 heteroatoms. The second kappa shape index (κ2) is 6.67. The van der Waals surface area contributed by atoms with E-state index >= 15 is 0 Å². The van der Waals surface area contributed by atoms with Crippen LogP contribution in [0.15, 0.2) is 30.3 Å². The largest absolute Gasteiger partial charge is 0.481 e. The Morgan fingerprint density at radius 3 is 1.95 bits per heavy atom. The maximum absolute atomic E-state index is 11.8. The summed E-state index contributed by atoms with van der Waals surface area (Å²) in [5.74, 6) is -3.93. The van der Waals surface area contributed by atoms with Gasteiger partial charge in [-0.15, -0.1) is 0 Å². The fourth-order valence-corrected chi connectivity index (χ4v) is 1.67. The van der Waals surface area contributed by atoms with Crippen LogP contribution in [-0.4, -0.2) is 38.8 Å². The molecule has 0 aliphatic heterocycles. The van der Waals surface area contributed by atoms with Crippen LogP contribution < -0.4 is 5.32 Å². The highest BCUT2D eigenvalue weighted by molar-refractivity contribution is 5.92. The number of amides is 1. The van der Waals surface area contributed by atoms with Gasteiger partial charge in [0.05, 0.1) is 12.8 Å². The molecule has 1 amide bonds. The quantitative estimate of drug-likeness (QED) is 0.557. The summed E-state index contributed by atoms with van der Waals surface area (Å²) in [7, 11) is 0. The molecule has 0 aliphatic carbocycles. The molecule has 1 rings (SSSR count). The van der Waals surface area contributed by atoms with Crippen molar-refractivity contribution in [3.05, 3.63) is 35.9 Å². The molecule has 0 heterocycles. The van der Waals surface area contributed by atoms with Crippen molar-refractivity contribution in [1.29, 1.82) is 0 Å². The summed E-state index contributed by atoms with van der Waals surface area (Å²) >= 11 is 0. The van der Waals surface area contributed by atoms with Gasteiger partial charge in [-0.3, -0.25) is 14.4 Å². The number of carboxylic acids is 2. The van der Waals surface area contributed by atoms with Crippen LogP contribution in [-0.2, 0) is 20.9 Å². The first-order valence-electron chi connectivity index (χ1n) is 5.82. The maximum Gasteiger partial charge on any atom is 0.306 e. The number of aliphatic hydroxyl groups is 1. The van der Waals surface area contributed by atoms with Crippen molar-refractivity contribution in [1.82, 2.24) is 5.32 Å². The molecule has 7 nitrogen and oxygen atoms in total. The van der Waals surface area contributed by atoms with Crippen LogP contribution in [0.5, 0.6) is 0 Å². The molecule has 0 fully saturated rings. The first-order chi connectivity index (χ1) is 9.33. The Morgan fingerprint density at radius 1 is 1.00 bits per heavy atom. The normalized spacial score (nSPS) is 10.8. The van der Waals surface area contributed by atoms with Gasteiger partial charge in [0.25, 0.3) is 5.91 Å². The van der Waals surface area contributed by atoms with E-state index in [1.165, 1.54) is 0 Å². The van der Waals surface area contributed by atoms with Crippen LogP contribution in [0.1, 0.15) is 18.4 Å². The third-order valence-electron chi connectivity index (χ3n) is 2.61. The summed E-state index contributed by atoms with van der Waals surface area (Å²) in [6, 6.07) is 8.75. The fourth-order valence-electron chi connectivity index (χ4n) is 1.67.